The second kappa shape index (κ2) is 5.44. The van der Waals surface area contributed by atoms with E-state index in [0.29, 0.717) is 11.8 Å². The van der Waals surface area contributed by atoms with E-state index in [1.54, 1.807) is 12.1 Å². The third-order valence-corrected chi connectivity index (χ3v) is 3.65. The van der Waals surface area contributed by atoms with Gasteiger partial charge in [-0.05, 0) is 55.8 Å². The summed E-state index contributed by atoms with van der Waals surface area (Å²) >= 11 is 0. The molecule has 88 valence electrons. The Morgan fingerprint density at radius 2 is 2.25 bits per heavy atom. The van der Waals surface area contributed by atoms with Crippen molar-refractivity contribution >= 4 is 0 Å². The van der Waals surface area contributed by atoms with Gasteiger partial charge in [0.25, 0.3) is 0 Å². The summed E-state index contributed by atoms with van der Waals surface area (Å²) < 4.78 is 13.8. The number of nitrogens with one attached hydrogen (secondary N) is 1. The van der Waals surface area contributed by atoms with E-state index < -0.39 is 0 Å². The number of hydrogen-bond donors (Lipinski definition) is 1. The Morgan fingerprint density at radius 1 is 1.44 bits per heavy atom. The van der Waals surface area contributed by atoms with Crippen molar-refractivity contribution in [2.75, 3.05) is 13.1 Å². The molecular weight excluding hydrogens is 201 g/mol. The molecule has 1 N–H and O–H groups in total. The lowest BCUT2D eigenvalue weighted by Gasteiger charge is -2.30. The summed E-state index contributed by atoms with van der Waals surface area (Å²) in [5.74, 6) is 0.921. The van der Waals surface area contributed by atoms with Crippen LogP contribution in [-0.4, -0.2) is 13.1 Å². The average molecular weight is 221 g/mol. The first-order valence-corrected chi connectivity index (χ1v) is 6.28. The Kier molecular flexibility index (Phi) is 3.94. The molecule has 16 heavy (non-hydrogen) atoms. The fraction of sp³-hybridized carbons (Fsp3) is 0.571. The predicted octanol–water partition coefficient (Wildman–Crippen LogP) is 3.32. The number of halogens is 1. The molecule has 1 heterocycles. The fourth-order valence-corrected chi connectivity index (χ4v) is 2.81. The summed E-state index contributed by atoms with van der Waals surface area (Å²) in [7, 11) is 0. The van der Waals surface area contributed by atoms with E-state index in [4.69, 9.17) is 0 Å². The van der Waals surface area contributed by atoms with Crippen molar-refractivity contribution < 1.29 is 4.39 Å². The zero-order chi connectivity index (χ0) is 11.4. The molecule has 1 aromatic carbocycles. The Labute approximate surface area is 97.1 Å². The maximum absolute atomic E-state index is 13.8. The molecule has 1 aliphatic heterocycles. The lowest BCUT2D eigenvalue weighted by molar-refractivity contribution is 0.311. The van der Waals surface area contributed by atoms with Crippen molar-refractivity contribution in [2.45, 2.75) is 32.1 Å². The normalized spacial score (nSPS) is 23.0. The van der Waals surface area contributed by atoms with E-state index in [1.165, 1.54) is 12.8 Å². The van der Waals surface area contributed by atoms with Gasteiger partial charge in [-0.3, -0.25) is 0 Å². The molecule has 1 fully saturated rings. The summed E-state index contributed by atoms with van der Waals surface area (Å²) in [6, 6.07) is 7.23. The molecule has 1 saturated heterocycles. The summed E-state index contributed by atoms with van der Waals surface area (Å²) in [6.07, 6.45) is 3.46. The van der Waals surface area contributed by atoms with Crippen LogP contribution < -0.4 is 5.32 Å². The predicted molar refractivity (Wildman–Crippen MR) is 65.0 cm³/mol. The molecule has 2 atom stereocenters. The minimum atomic E-state index is -0.0417. The largest absolute Gasteiger partial charge is 0.316 e. The van der Waals surface area contributed by atoms with Crippen LogP contribution in [0.4, 0.5) is 4.39 Å². The fourth-order valence-electron chi connectivity index (χ4n) is 2.81. The van der Waals surface area contributed by atoms with E-state index >= 15 is 0 Å². The summed E-state index contributed by atoms with van der Waals surface area (Å²) in [5, 5.41) is 3.42. The number of hydrogen-bond acceptors (Lipinski definition) is 1. The van der Waals surface area contributed by atoms with Crippen molar-refractivity contribution in [1.29, 1.82) is 0 Å². The maximum Gasteiger partial charge on any atom is 0.126 e. The van der Waals surface area contributed by atoms with Crippen molar-refractivity contribution in [3.05, 3.63) is 35.6 Å². The van der Waals surface area contributed by atoms with Crippen LogP contribution in [0.15, 0.2) is 24.3 Å². The monoisotopic (exact) mass is 221 g/mol. The zero-order valence-corrected chi connectivity index (χ0v) is 9.88. The molecule has 0 radical (unpaired) electrons. The van der Waals surface area contributed by atoms with Crippen LogP contribution in [-0.2, 0) is 0 Å². The SMILES string of the molecule is CCC(c1ccccc1F)C1CCCNC1. The van der Waals surface area contributed by atoms with E-state index in [-0.39, 0.29) is 5.82 Å². The third-order valence-electron chi connectivity index (χ3n) is 3.65. The molecule has 0 aliphatic carbocycles. The van der Waals surface area contributed by atoms with Gasteiger partial charge in [0.2, 0.25) is 0 Å². The smallest absolute Gasteiger partial charge is 0.126 e. The summed E-state index contributed by atoms with van der Waals surface area (Å²) in [6.45, 7) is 4.31. The van der Waals surface area contributed by atoms with Crippen molar-refractivity contribution in [3.8, 4) is 0 Å². The van der Waals surface area contributed by atoms with Gasteiger partial charge in [-0.1, -0.05) is 25.1 Å². The Bertz CT molecular complexity index is 331. The molecule has 0 saturated carbocycles. The van der Waals surface area contributed by atoms with Crippen molar-refractivity contribution in [3.63, 3.8) is 0 Å². The van der Waals surface area contributed by atoms with Crippen LogP contribution in [0.2, 0.25) is 0 Å². The van der Waals surface area contributed by atoms with E-state index in [9.17, 15) is 4.39 Å². The lowest BCUT2D eigenvalue weighted by atomic mass is 9.80. The van der Waals surface area contributed by atoms with Gasteiger partial charge in [0.05, 0.1) is 0 Å². The minimum absolute atomic E-state index is 0.0417. The average Bonchev–Trinajstić information content (AvgIpc) is 2.34. The van der Waals surface area contributed by atoms with Crippen LogP contribution in [0.1, 0.15) is 37.7 Å². The molecule has 0 aromatic heterocycles. The topological polar surface area (TPSA) is 12.0 Å². The summed E-state index contributed by atoms with van der Waals surface area (Å²) in [4.78, 5) is 0. The van der Waals surface area contributed by atoms with Gasteiger partial charge in [-0.25, -0.2) is 4.39 Å². The molecule has 0 spiro atoms. The van der Waals surface area contributed by atoms with Crippen molar-refractivity contribution in [2.24, 2.45) is 5.92 Å². The van der Waals surface area contributed by atoms with Crippen LogP contribution in [0.5, 0.6) is 0 Å². The van der Waals surface area contributed by atoms with Gasteiger partial charge in [0.15, 0.2) is 0 Å². The number of benzene rings is 1. The Balaban J connectivity index is 2.18. The van der Waals surface area contributed by atoms with Crippen LogP contribution in [0.3, 0.4) is 0 Å². The minimum Gasteiger partial charge on any atom is -0.316 e. The number of rotatable bonds is 3. The standard InChI is InChI=1S/C14H20FN/c1-2-12(11-6-5-9-16-10-11)13-7-3-4-8-14(13)15/h3-4,7-8,11-12,16H,2,5-6,9-10H2,1H3. The number of piperidine rings is 1. The second-order valence-electron chi connectivity index (χ2n) is 4.64. The zero-order valence-electron chi connectivity index (χ0n) is 9.88. The molecule has 2 heteroatoms. The van der Waals surface area contributed by atoms with Gasteiger partial charge >= 0.3 is 0 Å². The van der Waals surface area contributed by atoms with Crippen molar-refractivity contribution in [1.82, 2.24) is 5.32 Å². The van der Waals surface area contributed by atoms with E-state index in [1.807, 2.05) is 12.1 Å². The molecule has 0 amide bonds. The molecule has 1 aliphatic rings. The highest BCUT2D eigenvalue weighted by atomic mass is 19.1. The molecule has 1 nitrogen and oxygen atoms in total. The third kappa shape index (κ3) is 2.43. The highest BCUT2D eigenvalue weighted by molar-refractivity contribution is 5.22. The summed E-state index contributed by atoms with van der Waals surface area (Å²) in [5.41, 5.74) is 0.902. The van der Waals surface area contributed by atoms with Gasteiger partial charge in [-0.2, -0.15) is 0 Å². The molecule has 1 aromatic rings. The Morgan fingerprint density at radius 3 is 2.88 bits per heavy atom. The van der Waals surface area contributed by atoms with Crippen LogP contribution in [0.25, 0.3) is 0 Å². The molecule has 2 rings (SSSR count). The highest BCUT2D eigenvalue weighted by Gasteiger charge is 2.25. The second-order valence-corrected chi connectivity index (χ2v) is 4.64. The van der Waals surface area contributed by atoms with Gasteiger partial charge in [-0.15, -0.1) is 0 Å². The first kappa shape index (κ1) is 11.6. The van der Waals surface area contributed by atoms with Gasteiger partial charge in [0.1, 0.15) is 5.82 Å². The van der Waals surface area contributed by atoms with Gasteiger partial charge in [0, 0.05) is 0 Å². The van der Waals surface area contributed by atoms with Crippen LogP contribution >= 0.6 is 0 Å². The highest BCUT2D eigenvalue weighted by Crippen LogP contribution is 2.33. The van der Waals surface area contributed by atoms with Gasteiger partial charge < -0.3 is 5.32 Å². The maximum atomic E-state index is 13.8. The van der Waals surface area contributed by atoms with Crippen LogP contribution in [0, 0.1) is 11.7 Å². The molecular formula is C14H20FN. The van der Waals surface area contributed by atoms with E-state index in [0.717, 1.165) is 25.1 Å². The Hall–Kier alpha value is -0.890. The first-order chi connectivity index (χ1) is 7.83. The van der Waals surface area contributed by atoms with E-state index in [2.05, 4.69) is 12.2 Å². The quantitative estimate of drug-likeness (QED) is 0.825. The molecule has 0 bridgehead atoms. The lowest BCUT2D eigenvalue weighted by Crippen LogP contribution is -2.33. The first-order valence-electron chi connectivity index (χ1n) is 6.28. The molecule has 2 unspecified atom stereocenters.